The summed E-state index contributed by atoms with van der Waals surface area (Å²) < 4.78 is 12.9. The van der Waals surface area contributed by atoms with Crippen molar-refractivity contribution in [3.8, 4) is 0 Å². The average Bonchev–Trinajstić information content (AvgIpc) is 2.47. The number of pyridine rings is 1. The van der Waals surface area contributed by atoms with Gasteiger partial charge in [-0.05, 0) is 48.4 Å². The van der Waals surface area contributed by atoms with E-state index < -0.39 is 6.10 Å². The number of hydrogen-bond acceptors (Lipinski definition) is 2. The van der Waals surface area contributed by atoms with Gasteiger partial charge in [-0.2, -0.15) is 0 Å². The average molecular weight is 267 g/mol. The fourth-order valence-corrected chi connectivity index (χ4v) is 2.25. The molecule has 0 bridgehead atoms. The second-order valence-electron chi connectivity index (χ2n) is 4.86. The molecule has 1 atom stereocenters. The van der Waals surface area contributed by atoms with E-state index in [4.69, 9.17) is 0 Å². The third-order valence-corrected chi connectivity index (χ3v) is 3.35. The van der Waals surface area contributed by atoms with Crippen molar-refractivity contribution in [2.45, 2.75) is 13.0 Å². The van der Waals surface area contributed by atoms with Crippen molar-refractivity contribution < 1.29 is 9.50 Å². The minimum atomic E-state index is -0.763. The highest BCUT2D eigenvalue weighted by Gasteiger charge is 2.11. The molecule has 1 unspecified atom stereocenters. The van der Waals surface area contributed by atoms with Crippen LogP contribution in [-0.2, 0) is 0 Å². The van der Waals surface area contributed by atoms with Gasteiger partial charge in [0, 0.05) is 11.1 Å². The summed E-state index contributed by atoms with van der Waals surface area (Å²) in [5.41, 5.74) is 3.31. The van der Waals surface area contributed by atoms with Gasteiger partial charge < -0.3 is 5.11 Å². The third kappa shape index (κ3) is 2.40. The van der Waals surface area contributed by atoms with Crippen LogP contribution in [0, 0.1) is 12.7 Å². The molecule has 0 saturated carbocycles. The van der Waals surface area contributed by atoms with Crippen LogP contribution in [0.25, 0.3) is 10.9 Å². The van der Waals surface area contributed by atoms with Gasteiger partial charge in [0.25, 0.3) is 0 Å². The van der Waals surface area contributed by atoms with Crippen LogP contribution in [0.2, 0.25) is 0 Å². The predicted molar refractivity (Wildman–Crippen MR) is 76.9 cm³/mol. The number of nitrogens with zero attached hydrogens (tertiary/aromatic N) is 1. The zero-order valence-electron chi connectivity index (χ0n) is 11.0. The molecule has 2 aromatic carbocycles. The molecule has 3 heteroatoms. The lowest BCUT2D eigenvalue weighted by atomic mass is 10.00. The molecule has 0 fully saturated rings. The van der Waals surface area contributed by atoms with Crippen LogP contribution in [0.5, 0.6) is 0 Å². The maximum atomic E-state index is 12.9. The molecule has 1 aromatic heterocycles. The molecule has 0 radical (unpaired) electrons. The Morgan fingerprint density at radius 3 is 2.40 bits per heavy atom. The summed E-state index contributed by atoms with van der Waals surface area (Å²) in [6, 6.07) is 15.5. The van der Waals surface area contributed by atoms with Gasteiger partial charge in [-0.3, -0.25) is 4.98 Å². The number of aliphatic hydroxyl groups excluding tert-OH is 1. The molecular formula is C17H14FNO. The lowest BCUT2D eigenvalue weighted by Gasteiger charge is -2.12. The summed E-state index contributed by atoms with van der Waals surface area (Å²) in [6.45, 7) is 1.95. The van der Waals surface area contributed by atoms with E-state index in [0.29, 0.717) is 5.56 Å². The quantitative estimate of drug-likeness (QED) is 0.766. The van der Waals surface area contributed by atoms with Gasteiger partial charge in [0.1, 0.15) is 11.9 Å². The minimum Gasteiger partial charge on any atom is -0.384 e. The van der Waals surface area contributed by atoms with Crippen LogP contribution in [0.1, 0.15) is 22.9 Å². The van der Waals surface area contributed by atoms with Crippen LogP contribution in [0.3, 0.4) is 0 Å². The van der Waals surface area contributed by atoms with E-state index in [1.54, 1.807) is 12.1 Å². The van der Waals surface area contributed by atoms with E-state index in [-0.39, 0.29) is 5.82 Å². The highest BCUT2D eigenvalue weighted by atomic mass is 19.1. The van der Waals surface area contributed by atoms with Crippen LogP contribution in [0.15, 0.2) is 54.6 Å². The van der Waals surface area contributed by atoms with E-state index >= 15 is 0 Å². The normalized spacial score (nSPS) is 12.6. The smallest absolute Gasteiger partial charge is 0.123 e. The zero-order chi connectivity index (χ0) is 14.1. The first-order valence-electron chi connectivity index (χ1n) is 6.44. The maximum absolute atomic E-state index is 12.9. The highest BCUT2D eigenvalue weighted by molar-refractivity contribution is 5.79. The van der Waals surface area contributed by atoms with Gasteiger partial charge in [0.15, 0.2) is 0 Å². The van der Waals surface area contributed by atoms with Gasteiger partial charge in [-0.15, -0.1) is 0 Å². The lowest BCUT2D eigenvalue weighted by molar-refractivity contribution is 0.220. The first kappa shape index (κ1) is 12.8. The Bertz CT molecular complexity index is 753. The van der Waals surface area contributed by atoms with Gasteiger partial charge in [-0.1, -0.05) is 24.3 Å². The summed E-state index contributed by atoms with van der Waals surface area (Å²) in [5.74, 6) is -0.306. The SMILES string of the molecule is Cc1ccc2cc(C(O)c3ccc(F)cc3)ccc2n1. The van der Waals surface area contributed by atoms with E-state index in [2.05, 4.69) is 4.98 Å². The van der Waals surface area contributed by atoms with Crippen LogP contribution < -0.4 is 0 Å². The zero-order valence-corrected chi connectivity index (χ0v) is 11.0. The number of aliphatic hydroxyl groups is 1. The first-order chi connectivity index (χ1) is 9.63. The summed E-state index contributed by atoms with van der Waals surface area (Å²) in [7, 11) is 0. The molecule has 3 aromatic rings. The van der Waals surface area contributed by atoms with Gasteiger partial charge in [0.2, 0.25) is 0 Å². The molecular weight excluding hydrogens is 253 g/mol. The number of rotatable bonds is 2. The standard InChI is InChI=1S/C17H14FNO/c1-11-2-3-13-10-14(6-9-16(13)19-11)17(20)12-4-7-15(18)8-5-12/h2-10,17,20H,1H3. The fraction of sp³-hybridized carbons (Fsp3) is 0.118. The van der Waals surface area contributed by atoms with Crippen molar-refractivity contribution in [1.82, 2.24) is 4.98 Å². The molecule has 0 aliphatic heterocycles. The van der Waals surface area contributed by atoms with Crippen molar-refractivity contribution in [2.75, 3.05) is 0 Å². The van der Waals surface area contributed by atoms with Gasteiger partial charge in [-0.25, -0.2) is 4.39 Å². The highest BCUT2D eigenvalue weighted by Crippen LogP contribution is 2.25. The molecule has 1 heterocycles. The minimum absolute atomic E-state index is 0.306. The summed E-state index contributed by atoms with van der Waals surface area (Å²) in [4.78, 5) is 4.43. The molecule has 0 spiro atoms. The Balaban J connectivity index is 2.01. The van der Waals surface area contributed by atoms with Crippen LogP contribution in [0.4, 0.5) is 4.39 Å². The second kappa shape index (κ2) is 5.02. The molecule has 0 amide bonds. The number of aromatic nitrogens is 1. The predicted octanol–water partition coefficient (Wildman–Crippen LogP) is 3.76. The second-order valence-corrected chi connectivity index (χ2v) is 4.86. The topological polar surface area (TPSA) is 33.1 Å². The van der Waals surface area contributed by atoms with Crippen molar-refractivity contribution >= 4 is 10.9 Å². The molecule has 1 N–H and O–H groups in total. The van der Waals surface area contributed by atoms with Crippen LogP contribution >= 0.6 is 0 Å². The number of hydrogen-bond donors (Lipinski definition) is 1. The lowest BCUT2D eigenvalue weighted by Crippen LogP contribution is -1.99. The Kier molecular flexibility index (Phi) is 3.20. The maximum Gasteiger partial charge on any atom is 0.123 e. The van der Waals surface area contributed by atoms with Crippen molar-refractivity contribution in [2.24, 2.45) is 0 Å². The van der Waals surface area contributed by atoms with Gasteiger partial charge in [0.05, 0.1) is 5.52 Å². The van der Waals surface area contributed by atoms with Crippen molar-refractivity contribution in [3.05, 3.63) is 77.2 Å². The molecule has 3 rings (SSSR count). The van der Waals surface area contributed by atoms with E-state index in [1.165, 1.54) is 12.1 Å². The fourth-order valence-electron chi connectivity index (χ4n) is 2.25. The van der Waals surface area contributed by atoms with Crippen LogP contribution in [-0.4, -0.2) is 10.1 Å². The third-order valence-electron chi connectivity index (χ3n) is 3.35. The molecule has 20 heavy (non-hydrogen) atoms. The van der Waals surface area contributed by atoms with Crippen molar-refractivity contribution in [1.29, 1.82) is 0 Å². The molecule has 100 valence electrons. The van der Waals surface area contributed by atoms with E-state index in [9.17, 15) is 9.50 Å². The Morgan fingerprint density at radius 2 is 1.65 bits per heavy atom. The van der Waals surface area contributed by atoms with E-state index in [1.807, 2.05) is 37.3 Å². The number of benzene rings is 2. The molecule has 2 nitrogen and oxygen atoms in total. The summed E-state index contributed by atoms with van der Waals surface area (Å²) >= 11 is 0. The molecule has 0 aliphatic rings. The summed E-state index contributed by atoms with van der Waals surface area (Å²) in [5, 5.41) is 11.3. The van der Waals surface area contributed by atoms with Gasteiger partial charge >= 0.3 is 0 Å². The first-order valence-corrected chi connectivity index (χ1v) is 6.44. The monoisotopic (exact) mass is 267 g/mol. The molecule has 0 saturated heterocycles. The largest absolute Gasteiger partial charge is 0.384 e. The van der Waals surface area contributed by atoms with E-state index in [0.717, 1.165) is 22.2 Å². The van der Waals surface area contributed by atoms with Crippen molar-refractivity contribution in [3.63, 3.8) is 0 Å². The Labute approximate surface area is 116 Å². The number of fused-ring (bicyclic) bond motifs is 1. The Morgan fingerprint density at radius 1 is 0.950 bits per heavy atom. The summed E-state index contributed by atoms with van der Waals surface area (Å²) in [6.07, 6.45) is -0.763. The number of aryl methyl sites for hydroxylation is 1. The Hall–Kier alpha value is -2.26. The molecule has 0 aliphatic carbocycles. The number of halogens is 1.